The Balaban J connectivity index is 1.21. The second-order valence-electron chi connectivity index (χ2n) is 10.7. The van der Waals surface area contributed by atoms with E-state index in [1.165, 1.54) is 12.1 Å². The third kappa shape index (κ3) is 5.59. The first kappa shape index (κ1) is 26.1. The molecule has 206 valence electrons. The Bertz CT molecular complexity index is 1480. The highest BCUT2D eigenvalue weighted by molar-refractivity contribution is 5.94. The molecule has 0 radical (unpaired) electrons. The zero-order chi connectivity index (χ0) is 27.7. The van der Waals surface area contributed by atoms with Crippen LogP contribution in [0.3, 0.4) is 0 Å². The van der Waals surface area contributed by atoms with E-state index in [4.69, 9.17) is 19.4 Å². The van der Waals surface area contributed by atoms with Gasteiger partial charge in [0.15, 0.2) is 5.82 Å². The molecule has 1 aliphatic carbocycles. The summed E-state index contributed by atoms with van der Waals surface area (Å²) in [6, 6.07) is 17.6. The van der Waals surface area contributed by atoms with E-state index < -0.39 is 11.7 Å². The van der Waals surface area contributed by atoms with Gasteiger partial charge in [0.1, 0.15) is 5.82 Å². The van der Waals surface area contributed by atoms with Crippen LogP contribution in [0.1, 0.15) is 42.2 Å². The first-order chi connectivity index (χ1) is 19.4. The van der Waals surface area contributed by atoms with Crippen molar-refractivity contribution in [3.05, 3.63) is 84.1 Å². The number of halogens is 1. The van der Waals surface area contributed by atoms with Crippen LogP contribution < -0.4 is 10.2 Å². The Hall–Kier alpha value is -4.15. The van der Waals surface area contributed by atoms with Gasteiger partial charge in [-0.15, -0.1) is 0 Å². The van der Waals surface area contributed by atoms with Crippen molar-refractivity contribution in [3.8, 4) is 22.6 Å². The number of imidazole rings is 1. The molecule has 2 fully saturated rings. The van der Waals surface area contributed by atoms with Crippen LogP contribution in [0.4, 0.5) is 10.3 Å². The van der Waals surface area contributed by atoms with Gasteiger partial charge >= 0.3 is 0 Å². The van der Waals surface area contributed by atoms with E-state index in [0.717, 1.165) is 18.4 Å². The van der Waals surface area contributed by atoms with E-state index >= 15 is 0 Å². The topological polar surface area (TPSA) is 105 Å². The quantitative estimate of drug-likeness (QED) is 0.331. The number of amides is 1. The summed E-state index contributed by atoms with van der Waals surface area (Å²) in [5.41, 5.74) is 2.88. The Kier molecular flexibility index (Phi) is 7.03. The predicted octanol–water partition coefficient (Wildman–Crippen LogP) is 4.75. The Morgan fingerprint density at radius 1 is 1.07 bits per heavy atom. The lowest BCUT2D eigenvalue weighted by Crippen LogP contribution is -2.45. The molecule has 2 aromatic carbocycles. The minimum atomic E-state index is -0.735. The highest BCUT2D eigenvalue weighted by atomic mass is 19.1. The SMILES string of the molecule is CN(c1nccc(-c2[nH]c(C3OCC(C)(CNC(=O)c4ccccc4)CO3)nc2-c2ccc(F)cc2)n1)C1CC1. The minimum absolute atomic E-state index is 0.139. The second-order valence-corrected chi connectivity index (χ2v) is 10.7. The highest BCUT2D eigenvalue weighted by Crippen LogP contribution is 2.36. The predicted molar refractivity (Wildman–Crippen MR) is 148 cm³/mol. The van der Waals surface area contributed by atoms with Gasteiger partial charge in [0.2, 0.25) is 12.2 Å². The van der Waals surface area contributed by atoms with Crippen LogP contribution in [-0.2, 0) is 9.47 Å². The van der Waals surface area contributed by atoms with Crippen LogP contribution in [0, 0.1) is 11.2 Å². The third-order valence-corrected chi connectivity index (χ3v) is 7.25. The maximum Gasteiger partial charge on any atom is 0.251 e. The third-order valence-electron chi connectivity index (χ3n) is 7.25. The first-order valence-corrected chi connectivity index (χ1v) is 13.4. The summed E-state index contributed by atoms with van der Waals surface area (Å²) in [6.45, 7) is 3.12. The van der Waals surface area contributed by atoms with Crippen molar-refractivity contribution in [3.63, 3.8) is 0 Å². The Labute approximate surface area is 231 Å². The van der Waals surface area contributed by atoms with Gasteiger partial charge in [-0.3, -0.25) is 4.79 Å². The lowest BCUT2D eigenvalue weighted by atomic mass is 9.92. The number of H-pyrrole nitrogens is 1. The highest BCUT2D eigenvalue weighted by Gasteiger charge is 2.36. The summed E-state index contributed by atoms with van der Waals surface area (Å²) in [6.07, 6.45) is 3.25. The molecule has 1 aliphatic heterocycles. The normalized spacial score (nSPS) is 20.7. The molecule has 2 aromatic heterocycles. The van der Waals surface area contributed by atoms with E-state index in [0.29, 0.717) is 60.2 Å². The number of aromatic amines is 1. The zero-order valence-corrected chi connectivity index (χ0v) is 22.4. The molecule has 6 rings (SSSR count). The molecule has 2 aliphatic rings. The smallest absolute Gasteiger partial charge is 0.251 e. The number of hydrogen-bond acceptors (Lipinski definition) is 7. The molecule has 2 N–H and O–H groups in total. The van der Waals surface area contributed by atoms with Crippen LogP contribution in [0.15, 0.2) is 66.9 Å². The van der Waals surface area contributed by atoms with Gasteiger partial charge < -0.3 is 24.7 Å². The summed E-state index contributed by atoms with van der Waals surface area (Å²) in [5, 5.41) is 2.98. The van der Waals surface area contributed by atoms with Gasteiger partial charge in [-0.05, 0) is 55.3 Å². The molecule has 1 saturated heterocycles. The van der Waals surface area contributed by atoms with Crippen LogP contribution in [-0.4, -0.2) is 58.7 Å². The number of aromatic nitrogens is 4. The standard InChI is InChI=1S/C30H31FN6O3/c1-30(16-33-27(38)20-6-4-3-5-7-20)17-39-28(40-18-30)26-35-24(19-8-10-21(31)11-9-19)25(36-26)23-14-15-32-29(34-23)37(2)22-12-13-22/h3-11,14-15,22,28H,12-13,16-18H2,1-2H3,(H,33,38)(H,35,36). The van der Waals surface area contributed by atoms with Crippen LogP contribution >= 0.6 is 0 Å². The summed E-state index contributed by atoms with van der Waals surface area (Å²) in [7, 11) is 2.00. The minimum Gasteiger partial charge on any atom is -0.351 e. The fourth-order valence-electron chi connectivity index (χ4n) is 4.68. The molecule has 0 unspecified atom stereocenters. The fourth-order valence-corrected chi connectivity index (χ4v) is 4.68. The molecule has 0 atom stereocenters. The average Bonchev–Trinajstić information content (AvgIpc) is 3.75. The maximum atomic E-state index is 13.7. The van der Waals surface area contributed by atoms with Gasteiger partial charge in [-0.2, -0.15) is 0 Å². The van der Waals surface area contributed by atoms with Crippen LogP contribution in [0.2, 0.25) is 0 Å². The van der Waals surface area contributed by atoms with Gasteiger partial charge in [-0.25, -0.2) is 19.3 Å². The number of nitrogens with zero attached hydrogens (tertiary/aromatic N) is 4. The summed E-state index contributed by atoms with van der Waals surface area (Å²) in [5.74, 6) is 0.661. The summed E-state index contributed by atoms with van der Waals surface area (Å²) in [4.78, 5) is 32.0. The molecule has 9 nitrogen and oxygen atoms in total. The summed E-state index contributed by atoms with van der Waals surface area (Å²) >= 11 is 0. The van der Waals surface area contributed by atoms with E-state index in [9.17, 15) is 9.18 Å². The van der Waals surface area contributed by atoms with E-state index in [1.54, 1.807) is 30.5 Å². The average molecular weight is 543 g/mol. The molecule has 40 heavy (non-hydrogen) atoms. The number of rotatable bonds is 8. The van der Waals surface area contributed by atoms with Gasteiger partial charge in [0.25, 0.3) is 5.91 Å². The molecule has 3 heterocycles. The lowest BCUT2D eigenvalue weighted by Gasteiger charge is -2.36. The van der Waals surface area contributed by atoms with Gasteiger partial charge in [-0.1, -0.05) is 25.1 Å². The summed E-state index contributed by atoms with van der Waals surface area (Å²) < 4.78 is 25.9. The maximum absolute atomic E-state index is 13.7. The van der Waals surface area contributed by atoms with E-state index in [-0.39, 0.29) is 11.7 Å². The zero-order valence-electron chi connectivity index (χ0n) is 22.4. The number of carbonyl (C=O) groups is 1. The van der Waals surface area contributed by atoms with Crippen LogP contribution in [0.25, 0.3) is 22.6 Å². The first-order valence-electron chi connectivity index (χ1n) is 13.4. The number of carbonyl (C=O) groups excluding carboxylic acids is 1. The number of nitrogens with one attached hydrogen (secondary N) is 2. The molecule has 0 spiro atoms. The number of ether oxygens (including phenoxy) is 2. The van der Waals surface area contributed by atoms with Crippen LogP contribution in [0.5, 0.6) is 0 Å². The van der Waals surface area contributed by atoms with Crippen molar-refractivity contribution in [2.24, 2.45) is 5.41 Å². The largest absolute Gasteiger partial charge is 0.351 e. The Morgan fingerprint density at radius 3 is 2.50 bits per heavy atom. The molecule has 0 bridgehead atoms. The fraction of sp³-hybridized carbons (Fsp3) is 0.333. The van der Waals surface area contributed by atoms with Crippen molar-refractivity contribution in [1.82, 2.24) is 25.3 Å². The molecular weight excluding hydrogens is 511 g/mol. The van der Waals surface area contributed by atoms with Gasteiger partial charge in [0, 0.05) is 42.4 Å². The Morgan fingerprint density at radius 2 is 1.80 bits per heavy atom. The van der Waals surface area contributed by atoms with E-state index in [2.05, 4.69) is 20.2 Å². The monoisotopic (exact) mass is 542 g/mol. The van der Waals surface area contributed by atoms with Crippen molar-refractivity contribution in [2.45, 2.75) is 32.1 Å². The molecule has 1 amide bonds. The van der Waals surface area contributed by atoms with Gasteiger partial charge in [0.05, 0.1) is 30.3 Å². The van der Waals surface area contributed by atoms with Crippen molar-refractivity contribution < 1.29 is 18.7 Å². The molecule has 4 aromatic rings. The number of anilines is 1. The van der Waals surface area contributed by atoms with E-state index in [1.807, 2.05) is 38.2 Å². The molecule has 1 saturated carbocycles. The molecule has 10 heteroatoms. The van der Waals surface area contributed by atoms with Crippen molar-refractivity contribution in [2.75, 3.05) is 31.7 Å². The number of hydrogen-bond donors (Lipinski definition) is 2. The second kappa shape index (κ2) is 10.8. The number of benzene rings is 2. The molecular formula is C30H31FN6O3. The van der Waals surface area contributed by atoms with Crippen molar-refractivity contribution >= 4 is 11.9 Å². The van der Waals surface area contributed by atoms with Crippen molar-refractivity contribution in [1.29, 1.82) is 0 Å². The lowest BCUT2D eigenvalue weighted by molar-refractivity contribution is -0.231.